The maximum atomic E-state index is 13.2. The molecule has 5 nitrogen and oxygen atoms in total. The van der Waals surface area contributed by atoms with Crippen molar-refractivity contribution < 1.29 is 14.7 Å². The molecular formula is C23H26N2O3. The molecule has 0 unspecified atom stereocenters. The number of piperidine rings is 1. The number of carbonyl (C=O) groups is 2. The van der Waals surface area contributed by atoms with Crippen molar-refractivity contribution in [2.45, 2.75) is 30.9 Å². The predicted octanol–water partition coefficient (Wildman–Crippen LogP) is 2.48. The van der Waals surface area contributed by atoms with Gasteiger partial charge in [-0.25, -0.2) is 0 Å². The third-order valence-electron chi connectivity index (χ3n) is 6.38. The van der Waals surface area contributed by atoms with Gasteiger partial charge in [0.05, 0.1) is 11.6 Å². The van der Waals surface area contributed by atoms with Gasteiger partial charge in [-0.2, -0.15) is 0 Å². The normalized spacial score (nSPS) is 24.5. The van der Waals surface area contributed by atoms with Crippen molar-refractivity contribution in [2.24, 2.45) is 0 Å². The van der Waals surface area contributed by atoms with Gasteiger partial charge in [0, 0.05) is 30.6 Å². The predicted molar refractivity (Wildman–Crippen MR) is 107 cm³/mol. The van der Waals surface area contributed by atoms with Crippen LogP contribution >= 0.6 is 0 Å². The highest BCUT2D eigenvalue weighted by molar-refractivity contribution is 6.05. The molecule has 1 saturated heterocycles. The summed E-state index contributed by atoms with van der Waals surface area (Å²) < 4.78 is 0. The highest BCUT2D eigenvalue weighted by atomic mass is 16.3. The van der Waals surface area contributed by atoms with E-state index < -0.39 is 11.6 Å². The topological polar surface area (TPSA) is 60.9 Å². The van der Waals surface area contributed by atoms with E-state index in [-0.39, 0.29) is 18.2 Å². The fourth-order valence-corrected chi connectivity index (χ4v) is 4.81. The molecule has 1 aliphatic heterocycles. The van der Waals surface area contributed by atoms with Gasteiger partial charge in [-0.05, 0) is 44.1 Å². The summed E-state index contributed by atoms with van der Waals surface area (Å²) in [7, 11) is 3.95. The summed E-state index contributed by atoms with van der Waals surface area (Å²) in [4.78, 5) is 29.0. The average molecular weight is 378 g/mol. The fourth-order valence-electron chi connectivity index (χ4n) is 4.81. The van der Waals surface area contributed by atoms with Gasteiger partial charge in [-0.15, -0.1) is 0 Å². The molecule has 0 spiro atoms. The van der Waals surface area contributed by atoms with Crippen molar-refractivity contribution in [3.63, 3.8) is 0 Å². The second-order valence-corrected chi connectivity index (χ2v) is 7.96. The number of rotatable bonds is 3. The van der Waals surface area contributed by atoms with Crippen LogP contribution in [0.1, 0.15) is 44.7 Å². The number of aliphatic hydroxyl groups excluding tert-OH is 1. The van der Waals surface area contributed by atoms with Crippen molar-refractivity contribution in [2.75, 3.05) is 27.2 Å². The lowest BCUT2D eigenvalue weighted by Gasteiger charge is -2.50. The lowest BCUT2D eigenvalue weighted by atomic mass is 9.77. The molecule has 0 radical (unpaired) electrons. The Morgan fingerprint density at radius 3 is 2.54 bits per heavy atom. The van der Waals surface area contributed by atoms with Crippen molar-refractivity contribution in [1.29, 1.82) is 0 Å². The Morgan fingerprint density at radius 1 is 1.11 bits per heavy atom. The average Bonchev–Trinajstić information content (AvgIpc) is 3.09. The number of Topliss-reactive ketones (excluding diaryl/α,β-unsaturated/α-hetero) is 1. The van der Waals surface area contributed by atoms with Crippen LogP contribution in [-0.2, 0) is 12.0 Å². The highest BCUT2D eigenvalue weighted by Crippen LogP contribution is 2.38. The molecule has 1 amide bonds. The lowest BCUT2D eigenvalue weighted by Crippen LogP contribution is -2.60. The van der Waals surface area contributed by atoms with E-state index in [2.05, 4.69) is 4.90 Å². The monoisotopic (exact) mass is 378 g/mol. The number of ketones is 1. The molecular weight excluding hydrogens is 352 g/mol. The van der Waals surface area contributed by atoms with Crippen LogP contribution in [0.2, 0.25) is 0 Å². The van der Waals surface area contributed by atoms with Gasteiger partial charge in [0.25, 0.3) is 5.91 Å². The number of benzene rings is 2. The first-order valence-electron chi connectivity index (χ1n) is 9.80. The number of hydrogen-bond donors (Lipinski definition) is 1. The van der Waals surface area contributed by atoms with Crippen molar-refractivity contribution in [3.05, 3.63) is 70.8 Å². The van der Waals surface area contributed by atoms with Gasteiger partial charge >= 0.3 is 0 Å². The number of amides is 1. The number of nitrogens with zero attached hydrogens (tertiary/aromatic N) is 2. The Kier molecular flexibility index (Phi) is 4.81. The Hall–Kier alpha value is -2.50. The zero-order chi connectivity index (χ0) is 19.9. The smallest absolute Gasteiger partial charge is 0.254 e. The molecule has 146 valence electrons. The van der Waals surface area contributed by atoms with Crippen LogP contribution in [0.3, 0.4) is 0 Å². The van der Waals surface area contributed by atoms with E-state index in [9.17, 15) is 14.7 Å². The summed E-state index contributed by atoms with van der Waals surface area (Å²) in [5.41, 5.74) is 2.68. The number of carbonyl (C=O) groups excluding carboxylic acids is 2. The van der Waals surface area contributed by atoms with E-state index in [0.717, 1.165) is 11.1 Å². The summed E-state index contributed by atoms with van der Waals surface area (Å²) >= 11 is 0. The van der Waals surface area contributed by atoms with Crippen molar-refractivity contribution >= 4 is 11.7 Å². The minimum atomic E-state index is -0.707. The van der Waals surface area contributed by atoms with Crippen LogP contribution in [0.4, 0.5) is 0 Å². The third kappa shape index (κ3) is 2.86. The third-order valence-corrected chi connectivity index (χ3v) is 6.38. The maximum absolute atomic E-state index is 13.2. The van der Waals surface area contributed by atoms with Gasteiger partial charge < -0.3 is 10.0 Å². The molecule has 0 bridgehead atoms. The van der Waals surface area contributed by atoms with Gasteiger partial charge in [0.15, 0.2) is 5.78 Å². The SMILES string of the molecule is CN(C)[C@]1(c2ccccc2)CCN(C(=O)c2cccc3c2CCC3=O)C[C@H]1O. The number of fused-ring (bicyclic) bond motifs is 1. The first-order valence-corrected chi connectivity index (χ1v) is 9.80. The van der Waals surface area contributed by atoms with E-state index in [1.807, 2.05) is 44.4 Å². The van der Waals surface area contributed by atoms with Crippen LogP contribution in [0.25, 0.3) is 0 Å². The van der Waals surface area contributed by atoms with E-state index in [1.165, 1.54) is 0 Å². The van der Waals surface area contributed by atoms with E-state index in [0.29, 0.717) is 36.9 Å². The highest BCUT2D eigenvalue weighted by Gasteiger charge is 2.46. The Morgan fingerprint density at radius 2 is 1.86 bits per heavy atom. The minimum Gasteiger partial charge on any atom is -0.389 e. The zero-order valence-corrected chi connectivity index (χ0v) is 16.4. The molecule has 1 fully saturated rings. The molecule has 1 heterocycles. The lowest BCUT2D eigenvalue weighted by molar-refractivity contribution is -0.0612. The number of hydrogen-bond acceptors (Lipinski definition) is 4. The molecule has 5 heteroatoms. The van der Waals surface area contributed by atoms with Crippen LogP contribution < -0.4 is 0 Å². The molecule has 2 aromatic rings. The van der Waals surface area contributed by atoms with Crippen LogP contribution in [0, 0.1) is 0 Å². The maximum Gasteiger partial charge on any atom is 0.254 e. The molecule has 0 saturated carbocycles. The first-order chi connectivity index (χ1) is 13.4. The summed E-state index contributed by atoms with van der Waals surface area (Å²) in [5, 5.41) is 11.2. The second kappa shape index (κ2) is 7.15. The standard InChI is InChI=1S/C23H26N2O3/c1-24(2)23(16-7-4-3-5-8-16)13-14-25(15-21(23)27)22(28)19-10-6-9-18-17(19)11-12-20(18)26/h3-10,21,27H,11-15H2,1-2H3/t21-,23+/m1/s1. The molecule has 0 aromatic heterocycles. The molecule has 1 aliphatic carbocycles. The van der Waals surface area contributed by atoms with Gasteiger partial charge in [0.2, 0.25) is 0 Å². The molecule has 2 aliphatic rings. The molecule has 4 rings (SSSR count). The summed E-state index contributed by atoms with van der Waals surface area (Å²) in [6, 6.07) is 15.4. The van der Waals surface area contributed by atoms with Crippen molar-refractivity contribution in [3.8, 4) is 0 Å². The van der Waals surface area contributed by atoms with E-state index in [4.69, 9.17) is 0 Å². The number of likely N-dealkylation sites (tertiary alicyclic amines) is 1. The number of β-amino-alcohol motifs (C(OH)–C–C–N with tert-alkyl or cyclic N) is 1. The van der Waals surface area contributed by atoms with E-state index in [1.54, 1.807) is 23.1 Å². The zero-order valence-electron chi connectivity index (χ0n) is 16.4. The van der Waals surface area contributed by atoms with Crippen LogP contribution in [-0.4, -0.2) is 59.9 Å². The Labute approximate surface area is 165 Å². The second-order valence-electron chi connectivity index (χ2n) is 7.96. The molecule has 1 N–H and O–H groups in total. The summed E-state index contributed by atoms with van der Waals surface area (Å²) in [6.45, 7) is 0.824. The molecule has 28 heavy (non-hydrogen) atoms. The quantitative estimate of drug-likeness (QED) is 0.891. The van der Waals surface area contributed by atoms with Crippen LogP contribution in [0.5, 0.6) is 0 Å². The van der Waals surface area contributed by atoms with Crippen LogP contribution in [0.15, 0.2) is 48.5 Å². The fraction of sp³-hybridized carbons (Fsp3) is 0.391. The van der Waals surface area contributed by atoms with Crippen molar-refractivity contribution in [1.82, 2.24) is 9.80 Å². The van der Waals surface area contributed by atoms with Gasteiger partial charge in [0.1, 0.15) is 0 Å². The Balaban J connectivity index is 1.61. The molecule has 2 aromatic carbocycles. The summed E-state index contributed by atoms with van der Waals surface area (Å²) in [5.74, 6) is 0.0186. The molecule has 2 atom stereocenters. The van der Waals surface area contributed by atoms with E-state index >= 15 is 0 Å². The summed E-state index contributed by atoms with van der Waals surface area (Å²) in [6.07, 6.45) is 1.03. The minimum absolute atomic E-state index is 0.0917. The number of likely N-dealkylation sites (N-methyl/N-ethyl adjacent to an activating group) is 1. The largest absolute Gasteiger partial charge is 0.389 e. The first kappa shape index (κ1) is 18.8. The van der Waals surface area contributed by atoms with Gasteiger partial charge in [-0.3, -0.25) is 14.5 Å². The Bertz CT molecular complexity index is 909. The number of aliphatic hydroxyl groups is 1. The van der Waals surface area contributed by atoms with Gasteiger partial charge in [-0.1, -0.05) is 42.5 Å².